The minimum absolute atomic E-state index is 0.286. The van der Waals surface area contributed by atoms with Gasteiger partial charge in [0.15, 0.2) is 0 Å². The van der Waals surface area contributed by atoms with Gasteiger partial charge >= 0.3 is 0 Å². The third kappa shape index (κ3) is 4.91. The maximum Gasteiger partial charge on any atom is 0.243 e. The van der Waals surface area contributed by atoms with Crippen LogP contribution in [0.1, 0.15) is 25.6 Å². The van der Waals surface area contributed by atoms with Gasteiger partial charge in [-0.2, -0.15) is 4.31 Å². The monoisotopic (exact) mass is 456 g/mol. The molecule has 9 nitrogen and oxygen atoms in total. The Morgan fingerprint density at radius 3 is 2.41 bits per heavy atom. The lowest BCUT2D eigenvalue weighted by Gasteiger charge is -2.34. The van der Waals surface area contributed by atoms with Crippen molar-refractivity contribution in [1.29, 1.82) is 0 Å². The van der Waals surface area contributed by atoms with Crippen LogP contribution in [-0.4, -0.2) is 65.0 Å². The highest BCUT2D eigenvalue weighted by Crippen LogP contribution is 2.23. The lowest BCUT2D eigenvalue weighted by atomic mass is 10.3. The Balaban J connectivity index is 1.42. The van der Waals surface area contributed by atoms with Gasteiger partial charge in [-0.3, -0.25) is 4.57 Å². The summed E-state index contributed by atoms with van der Waals surface area (Å²) in [5, 5.41) is 0. The molecule has 1 saturated heterocycles. The fraction of sp³-hybridized carbons (Fsp3) is 0.409. The first-order valence-electron chi connectivity index (χ1n) is 10.8. The first-order valence-corrected chi connectivity index (χ1v) is 12.2. The van der Waals surface area contributed by atoms with Crippen LogP contribution in [0.15, 0.2) is 53.9 Å². The molecule has 0 radical (unpaired) electrons. The third-order valence-corrected chi connectivity index (χ3v) is 7.28. The molecule has 3 aromatic rings. The molecule has 32 heavy (non-hydrogen) atoms. The number of aromatic nitrogens is 4. The standard InChI is InChI=1S/C22H28N6O3S/c1-3-4-15-31-19-5-7-20(8-6-19)32(29,30)28-13-11-26(12-14-28)21-16-22(25-18(2)24-21)27-10-9-23-17-27/h5-10,16-17H,3-4,11-15H2,1-2H3. The summed E-state index contributed by atoms with van der Waals surface area (Å²) in [6.45, 7) is 6.47. The quantitative estimate of drug-likeness (QED) is 0.481. The van der Waals surface area contributed by atoms with Crippen LogP contribution in [0.3, 0.4) is 0 Å². The predicted molar refractivity (Wildman–Crippen MR) is 122 cm³/mol. The number of aryl methyl sites for hydroxylation is 1. The average Bonchev–Trinajstić information content (AvgIpc) is 3.34. The van der Waals surface area contributed by atoms with E-state index in [9.17, 15) is 8.42 Å². The van der Waals surface area contributed by atoms with Gasteiger partial charge in [0.2, 0.25) is 10.0 Å². The predicted octanol–water partition coefficient (Wildman–Crippen LogP) is 2.66. The molecule has 1 aromatic carbocycles. The number of ether oxygens (including phenoxy) is 1. The molecule has 0 N–H and O–H groups in total. The summed E-state index contributed by atoms with van der Waals surface area (Å²) in [7, 11) is -3.56. The van der Waals surface area contributed by atoms with Crippen molar-refractivity contribution >= 4 is 15.8 Å². The third-order valence-electron chi connectivity index (χ3n) is 5.37. The van der Waals surface area contributed by atoms with Crippen LogP contribution < -0.4 is 9.64 Å². The second-order valence-electron chi connectivity index (χ2n) is 7.67. The lowest BCUT2D eigenvalue weighted by Crippen LogP contribution is -2.49. The first kappa shape index (κ1) is 22.2. The van der Waals surface area contributed by atoms with E-state index < -0.39 is 10.0 Å². The molecular formula is C22H28N6O3S. The molecule has 2 aromatic heterocycles. The largest absolute Gasteiger partial charge is 0.494 e. The number of benzene rings is 1. The minimum atomic E-state index is -3.56. The molecule has 0 amide bonds. The Labute approximate surface area is 188 Å². The molecule has 170 valence electrons. The molecule has 4 rings (SSSR count). The van der Waals surface area contributed by atoms with E-state index >= 15 is 0 Å². The molecule has 3 heterocycles. The minimum Gasteiger partial charge on any atom is -0.494 e. The van der Waals surface area contributed by atoms with Crippen molar-refractivity contribution in [2.24, 2.45) is 0 Å². The van der Waals surface area contributed by atoms with Crippen molar-refractivity contribution in [3.63, 3.8) is 0 Å². The molecule has 1 aliphatic rings. The second-order valence-corrected chi connectivity index (χ2v) is 9.60. The molecule has 0 unspecified atom stereocenters. The Morgan fingerprint density at radius 2 is 1.75 bits per heavy atom. The van der Waals surface area contributed by atoms with Crippen molar-refractivity contribution in [3.8, 4) is 11.6 Å². The van der Waals surface area contributed by atoms with E-state index in [1.165, 1.54) is 4.31 Å². The topological polar surface area (TPSA) is 93.5 Å². The Morgan fingerprint density at radius 1 is 1.03 bits per heavy atom. The van der Waals surface area contributed by atoms with Crippen molar-refractivity contribution in [2.45, 2.75) is 31.6 Å². The molecule has 10 heteroatoms. The first-order chi connectivity index (χ1) is 15.5. The van der Waals surface area contributed by atoms with E-state index in [1.54, 1.807) is 36.8 Å². The number of anilines is 1. The Kier molecular flexibility index (Phi) is 6.71. The Bertz CT molecular complexity index is 1120. The van der Waals surface area contributed by atoms with Crippen LogP contribution in [0.4, 0.5) is 5.82 Å². The van der Waals surface area contributed by atoms with E-state index in [4.69, 9.17) is 4.74 Å². The van der Waals surface area contributed by atoms with Crippen LogP contribution in [0.25, 0.3) is 5.82 Å². The summed E-state index contributed by atoms with van der Waals surface area (Å²) >= 11 is 0. The van der Waals surface area contributed by atoms with Crippen LogP contribution in [0.2, 0.25) is 0 Å². The highest BCUT2D eigenvalue weighted by Gasteiger charge is 2.29. The van der Waals surface area contributed by atoms with Crippen LogP contribution in [0.5, 0.6) is 5.75 Å². The SMILES string of the molecule is CCCCOc1ccc(S(=O)(=O)N2CCN(c3cc(-n4ccnc4)nc(C)n3)CC2)cc1. The fourth-order valence-electron chi connectivity index (χ4n) is 3.57. The molecule has 0 atom stereocenters. The molecule has 0 bridgehead atoms. The van der Waals surface area contributed by atoms with E-state index in [0.29, 0.717) is 44.4 Å². The maximum atomic E-state index is 13.1. The molecule has 1 fully saturated rings. The van der Waals surface area contributed by atoms with E-state index in [0.717, 1.165) is 24.5 Å². The number of rotatable bonds is 8. The molecular weight excluding hydrogens is 428 g/mol. The summed E-state index contributed by atoms with van der Waals surface area (Å²) in [5.74, 6) is 2.87. The number of hydrogen-bond acceptors (Lipinski definition) is 7. The molecule has 0 saturated carbocycles. The Hall–Kier alpha value is -2.98. The van der Waals surface area contributed by atoms with Gasteiger partial charge in [0, 0.05) is 44.6 Å². The zero-order valence-corrected chi connectivity index (χ0v) is 19.2. The van der Waals surface area contributed by atoms with Gasteiger partial charge in [0.1, 0.15) is 29.5 Å². The van der Waals surface area contributed by atoms with Crippen LogP contribution in [0, 0.1) is 6.92 Å². The van der Waals surface area contributed by atoms with Crippen molar-refractivity contribution < 1.29 is 13.2 Å². The van der Waals surface area contributed by atoms with Gasteiger partial charge in [-0.25, -0.2) is 23.4 Å². The number of imidazole rings is 1. The van der Waals surface area contributed by atoms with Gasteiger partial charge in [-0.15, -0.1) is 0 Å². The molecule has 1 aliphatic heterocycles. The highest BCUT2D eigenvalue weighted by atomic mass is 32.2. The van der Waals surface area contributed by atoms with Crippen molar-refractivity contribution in [1.82, 2.24) is 23.8 Å². The summed E-state index contributed by atoms with van der Waals surface area (Å²) in [6.07, 6.45) is 7.24. The van der Waals surface area contributed by atoms with Gasteiger partial charge in [-0.05, 0) is 37.6 Å². The summed E-state index contributed by atoms with van der Waals surface area (Å²) in [5.41, 5.74) is 0. The van der Waals surface area contributed by atoms with Gasteiger partial charge in [-0.1, -0.05) is 13.3 Å². The summed E-state index contributed by atoms with van der Waals surface area (Å²) in [4.78, 5) is 15.5. The zero-order chi connectivity index (χ0) is 22.6. The summed E-state index contributed by atoms with van der Waals surface area (Å²) < 4.78 is 35.2. The van der Waals surface area contributed by atoms with E-state index in [-0.39, 0.29) is 4.90 Å². The van der Waals surface area contributed by atoms with Gasteiger partial charge < -0.3 is 9.64 Å². The number of sulfonamides is 1. The summed E-state index contributed by atoms with van der Waals surface area (Å²) in [6, 6.07) is 8.58. The molecule has 0 aliphatic carbocycles. The smallest absolute Gasteiger partial charge is 0.243 e. The lowest BCUT2D eigenvalue weighted by molar-refractivity contribution is 0.309. The average molecular weight is 457 g/mol. The second kappa shape index (κ2) is 9.66. The number of unbranched alkanes of at least 4 members (excludes halogenated alkanes) is 1. The number of nitrogens with zero attached hydrogens (tertiary/aromatic N) is 6. The number of piperazine rings is 1. The van der Waals surface area contributed by atoms with E-state index in [2.05, 4.69) is 26.8 Å². The molecule has 0 spiro atoms. The van der Waals surface area contributed by atoms with Crippen molar-refractivity contribution in [2.75, 3.05) is 37.7 Å². The normalized spacial score (nSPS) is 15.1. The van der Waals surface area contributed by atoms with Gasteiger partial charge in [0.05, 0.1) is 11.5 Å². The zero-order valence-electron chi connectivity index (χ0n) is 18.4. The highest BCUT2D eigenvalue weighted by molar-refractivity contribution is 7.89. The van der Waals surface area contributed by atoms with Crippen LogP contribution >= 0.6 is 0 Å². The van der Waals surface area contributed by atoms with E-state index in [1.807, 2.05) is 23.8 Å². The van der Waals surface area contributed by atoms with Crippen LogP contribution in [-0.2, 0) is 10.0 Å². The van der Waals surface area contributed by atoms with Gasteiger partial charge in [0.25, 0.3) is 0 Å². The number of hydrogen-bond donors (Lipinski definition) is 0. The fourth-order valence-corrected chi connectivity index (χ4v) is 5.00. The maximum absolute atomic E-state index is 13.1. The van der Waals surface area contributed by atoms with Crippen molar-refractivity contribution in [3.05, 3.63) is 54.9 Å².